The Balaban J connectivity index is 1.45. The molecule has 0 unspecified atom stereocenters. The lowest BCUT2D eigenvalue weighted by Crippen LogP contribution is -2.27. The molecule has 0 saturated carbocycles. The van der Waals surface area contributed by atoms with Crippen LogP contribution in [-0.2, 0) is 11.3 Å². The third-order valence-electron chi connectivity index (χ3n) is 5.05. The summed E-state index contributed by atoms with van der Waals surface area (Å²) in [6, 6.07) is 23.6. The number of amides is 3. The molecule has 3 aromatic carbocycles. The van der Waals surface area contributed by atoms with E-state index in [0.717, 1.165) is 11.1 Å². The van der Waals surface area contributed by atoms with Crippen molar-refractivity contribution >= 4 is 35.2 Å². The SMILES string of the molecule is NC(=O)c1ccc(NC(=O)c2ccc([C@H]3SCC(=O)N3Cc3ccccc3)cc2)cc1. The van der Waals surface area contributed by atoms with Crippen LogP contribution in [0.25, 0.3) is 0 Å². The first-order valence-electron chi connectivity index (χ1n) is 9.77. The van der Waals surface area contributed by atoms with E-state index in [1.807, 2.05) is 47.4 Å². The van der Waals surface area contributed by atoms with Crippen LogP contribution >= 0.6 is 11.8 Å². The van der Waals surface area contributed by atoms with Crippen molar-refractivity contribution in [3.63, 3.8) is 0 Å². The first-order chi connectivity index (χ1) is 15.0. The zero-order chi connectivity index (χ0) is 21.8. The molecule has 0 bridgehead atoms. The van der Waals surface area contributed by atoms with Gasteiger partial charge in [0.15, 0.2) is 0 Å². The van der Waals surface area contributed by atoms with Crippen molar-refractivity contribution in [1.29, 1.82) is 0 Å². The molecule has 156 valence electrons. The molecule has 3 N–H and O–H groups in total. The highest BCUT2D eigenvalue weighted by Crippen LogP contribution is 2.39. The molecule has 0 spiro atoms. The molecule has 1 fully saturated rings. The number of carbonyl (C=O) groups excluding carboxylic acids is 3. The van der Waals surface area contributed by atoms with Gasteiger partial charge in [-0.05, 0) is 47.5 Å². The Kier molecular flexibility index (Phi) is 6.04. The predicted octanol–water partition coefficient (Wildman–Crippen LogP) is 3.81. The standard InChI is InChI=1S/C24H21N3O3S/c25-22(29)17-10-12-20(13-11-17)26-23(30)18-6-8-19(9-7-18)24-27(21(28)15-31-24)14-16-4-2-1-3-5-16/h1-13,24H,14-15H2,(H2,25,29)(H,26,30)/t24-/m1/s1. The molecular weight excluding hydrogens is 410 g/mol. The van der Waals surface area contributed by atoms with E-state index in [4.69, 9.17) is 5.73 Å². The zero-order valence-electron chi connectivity index (χ0n) is 16.7. The van der Waals surface area contributed by atoms with Crippen molar-refractivity contribution < 1.29 is 14.4 Å². The summed E-state index contributed by atoms with van der Waals surface area (Å²) in [6.07, 6.45) is 0. The van der Waals surface area contributed by atoms with Gasteiger partial charge in [-0.25, -0.2) is 0 Å². The van der Waals surface area contributed by atoms with E-state index in [-0.39, 0.29) is 17.2 Å². The third-order valence-corrected chi connectivity index (χ3v) is 6.31. The van der Waals surface area contributed by atoms with Crippen LogP contribution in [0.2, 0.25) is 0 Å². The summed E-state index contributed by atoms with van der Waals surface area (Å²) in [5, 5.41) is 2.72. The van der Waals surface area contributed by atoms with Crippen LogP contribution in [0.4, 0.5) is 5.69 Å². The number of primary amides is 1. The molecule has 0 radical (unpaired) electrons. The zero-order valence-corrected chi connectivity index (χ0v) is 17.5. The number of benzene rings is 3. The molecule has 0 aromatic heterocycles. The van der Waals surface area contributed by atoms with Gasteiger partial charge in [-0.2, -0.15) is 0 Å². The highest BCUT2D eigenvalue weighted by Gasteiger charge is 2.32. The number of hydrogen-bond donors (Lipinski definition) is 2. The second-order valence-electron chi connectivity index (χ2n) is 7.19. The van der Waals surface area contributed by atoms with Crippen molar-refractivity contribution in [3.05, 3.63) is 101 Å². The van der Waals surface area contributed by atoms with Crippen molar-refractivity contribution in [2.75, 3.05) is 11.1 Å². The maximum Gasteiger partial charge on any atom is 0.255 e. The lowest BCUT2D eigenvalue weighted by Gasteiger charge is -2.24. The fraction of sp³-hybridized carbons (Fsp3) is 0.125. The van der Waals surface area contributed by atoms with Crippen LogP contribution in [0.3, 0.4) is 0 Å². The average Bonchev–Trinajstić information content (AvgIpc) is 3.15. The Labute approximate surface area is 184 Å². The highest BCUT2D eigenvalue weighted by molar-refractivity contribution is 8.00. The molecule has 1 atom stereocenters. The minimum absolute atomic E-state index is 0.0776. The summed E-state index contributed by atoms with van der Waals surface area (Å²) in [5.74, 6) is -0.214. The first-order valence-corrected chi connectivity index (χ1v) is 10.8. The molecule has 3 amide bonds. The monoisotopic (exact) mass is 431 g/mol. The van der Waals surface area contributed by atoms with Crippen LogP contribution in [-0.4, -0.2) is 28.4 Å². The van der Waals surface area contributed by atoms with Crippen LogP contribution < -0.4 is 11.1 Å². The van der Waals surface area contributed by atoms with Gasteiger partial charge in [-0.1, -0.05) is 42.5 Å². The van der Waals surface area contributed by atoms with Gasteiger partial charge in [-0.3, -0.25) is 14.4 Å². The largest absolute Gasteiger partial charge is 0.366 e. The average molecular weight is 432 g/mol. The molecule has 31 heavy (non-hydrogen) atoms. The maximum absolute atomic E-state index is 12.6. The second-order valence-corrected chi connectivity index (χ2v) is 8.26. The Bertz CT molecular complexity index is 1100. The van der Waals surface area contributed by atoms with E-state index in [1.165, 1.54) is 0 Å². The molecule has 4 rings (SSSR count). The molecule has 3 aromatic rings. The fourth-order valence-electron chi connectivity index (χ4n) is 3.40. The third kappa shape index (κ3) is 4.78. The lowest BCUT2D eigenvalue weighted by atomic mass is 10.1. The summed E-state index contributed by atoms with van der Waals surface area (Å²) in [4.78, 5) is 38.0. The first kappa shape index (κ1) is 20.7. The molecule has 0 aliphatic carbocycles. The molecule has 1 heterocycles. The van der Waals surface area contributed by atoms with Crippen LogP contribution in [0.1, 0.15) is 37.2 Å². The topological polar surface area (TPSA) is 92.5 Å². The maximum atomic E-state index is 12.6. The van der Waals surface area contributed by atoms with E-state index >= 15 is 0 Å². The van der Waals surface area contributed by atoms with Gasteiger partial charge in [0, 0.05) is 23.4 Å². The van der Waals surface area contributed by atoms with E-state index in [2.05, 4.69) is 5.32 Å². The number of nitrogens with one attached hydrogen (secondary N) is 1. The number of rotatable bonds is 6. The Morgan fingerprint density at radius 1 is 0.935 bits per heavy atom. The fourth-order valence-corrected chi connectivity index (χ4v) is 4.59. The lowest BCUT2D eigenvalue weighted by molar-refractivity contribution is -0.128. The van der Waals surface area contributed by atoms with Crippen molar-refractivity contribution in [1.82, 2.24) is 4.90 Å². The van der Waals surface area contributed by atoms with Gasteiger partial charge < -0.3 is 16.0 Å². The molecule has 6 nitrogen and oxygen atoms in total. The van der Waals surface area contributed by atoms with Crippen molar-refractivity contribution in [2.24, 2.45) is 5.73 Å². The van der Waals surface area contributed by atoms with Gasteiger partial charge in [-0.15, -0.1) is 11.8 Å². The number of hydrogen-bond acceptors (Lipinski definition) is 4. The molecule has 1 aliphatic rings. The van der Waals surface area contributed by atoms with Crippen LogP contribution in [0.15, 0.2) is 78.9 Å². The minimum Gasteiger partial charge on any atom is -0.366 e. The summed E-state index contributed by atoms with van der Waals surface area (Å²) in [5.41, 5.74) is 8.76. The molecular formula is C24H21N3O3S. The Morgan fingerprint density at radius 3 is 2.23 bits per heavy atom. The van der Waals surface area contributed by atoms with Gasteiger partial charge >= 0.3 is 0 Å². The van der Waals surface area contributed by atoms with E-state index in [0.29, 0.717) is 29.1 Å². The summed E-state index contributed by atoms with van der Waals surface area (Å²) < 4.78 is 0. The molecule has 1 aliphatic heterocycles. The number of thioether (sulfide) groups is 1. The van der Waals surface area contributed by atoms with Crippen molar-refractivity contribution in [2.45, 2.75) is 11.9 Å². The quantitative estimate of drug-likeness (QED) is 0.621. The molecule has 1 saturated heterocycles. The van der Waals surface area contributed by atoms with Crippen LogP contribution in [0.5, 0.6) is 0 Å². The van der Waals surface area contributed by atoms with Gasteiger partial charge in [0.2, 0.25) is 11.8 Å². The Hall–Kier alpha value is -3.58. The smallest absolute Gasteiger partial charge is 0.255 e. The summed E-state index contributed by atoms with van der Waals surface area (Å²) in [6.45, 7) is 0.556. The second kappa shape index (κ2) is 9.06. The van der Waals surface area contributed by atoms with Gasteiger partial charge in [0.1, 0.15) is 5.37 Å². The van der Waals surface area contributed by atoms with Gasteiger partial charge in [0.25, 0.3) is 5.91 Å². The van der Waals surface area contributed by atoms with Gasteiger partial charge in [0.05, 0.1) is 5.75 Å². The van der Waals surface area contributed by atoms with E-state index < -0.39 is 5.91 Å². The van der Waals surface area contributed by atoms with Crippen molar-refractivity contribution in [3.8, 4) is 0 Å². The predicted molar refractivity (Wildman–Crippen MR) is 122 cm³/mol. The number of carbonyl (C=O) groups is 3. The van der Waals surface area contributed by atoms with E-state index in [9.17, 15) is 14.4 Å². The number of nitrogens with zero attached hydrogens (tertiary/aromatic N) is 1. The Morgan fingerprint density at radius 2 is 1.58 bits per heavy atom. The normalized spacial score (nSPS) is 15.7. The minimum atomic E-state index is -0.516. The molecule has 7 heteroatoms. The summed E-state index contributed by atoms with van der Waals surface area (Å²) >= 11 is 1.59. The summed E-state index contributed by atoms with van der Waals surface area (Å²) in [7, 11) is 0. The highest BCUT2D eigenvalue weighted by atomic mass is 32.2. The number of nitrogens with two attached hydrogens (primary N) is 1. The van der Waals surface area contributed by atoms with Crippen LogP contribution in [0, 0.1) is 0 Å². The van der Waals surface area contributed by atoms with E-state index in [1.54, 1.807) is 48.2 Å². The number of anilines is 1.